The molecule has 2 saturated heterocycles. The van der Waals surface area contributed by atoms with E-state index in [4.69, 9.17) is 0 Å². The minimum atomic E-state index is 0. The first-order valence-electron chi connectivity index (χ1n) is 9.03. The summed E-state index contributed by atoms with van der Waals surface area (Å²) in [5, 5.41) is 10.3. The van der Waals surface area contributed by atoms with Crippen LogP contribution in [0.2, 0.25) is 0 Å². The van der Waals surface area contributed by atoms with Gasteiger partial charge in [-0.15, -0.1) is 37.2 Å². The normalized spacial score (nSPS) is 18.4. The maximum atomic E-state index is 10.3. The molecule has 3 rings (SSSR count). The van der Waals surface area contributed by atoms with Gasteiger partial charge in [-0.1, -0.05) is 0 Å². The van der Waals surface area contributed by atoms with Crippen LogP contribution in [0, 0.1) is 0 Å². The van der Waals surface area contributed by atoms with Crippen molar-refractivity contribution in [1.82, 2.24) is 4.90 Å². The van der Waals surface area contributed by atoms with Gasteiger partial charge in [0.2, 0.25) is 0 Å². The third-order valence-electron chi connectivity index (χ3n) is 5.25. The van der Waals surface area contributed by atoms with Gasteiger partial charge >= 0.3 is 0 Å². The summed E-state index contributed by atoms with van der Waals surface area (Å²) < 4.78 is 0. The van der Waals surface area contributed by atoms with Gasteiger partial charge in [-0.3, -0.25) is 4.90 Å². The van der Waals surface area contributed by atoms with Crippen LogP contribution >= 0.6 is 37.2 Å². The number of hydrogen-bond acceptors (Lipinski definition) is 4. The first kappa shape index (κ1) is 25.4. The number of aromatic hydroxyl groups is 1. The molecule has 2 heterocycles. The Bertz CT molecular complexity index is 537. The zero-order chi connectivity index (χ0) is 16.4. The number of piperazine rings is 1. The van der Waals surface area contributed by atoms with E-state index >= 15 is 0 Å². The molecule has 0 saturated carbocycles. The van der Waals surface area contributed by atoms with Gasteiger partial charge in [0.1, 0.15) is 5.75 Å². The highest BCUT2D eigenvalue weighted by atomic mass is 35.5. The van der Waals surface area contributed by atoms with Crippen molar-refractivity contribution in [2.75, 3.05) is 49.1 Å². The van der Waals surface area contributed by atoms with Crippen LogP contribution < -0.4 is 9.80 Å². The lowest BCUT2D eigenvalue weighted by molar-refractivity contribution is 0.128. The topological polar surface area (TPSA) is 30.0 Å². The molecule has 26 heavy (non-hydrogen) atoms. The van der Waals surface area contributed by atoms with Gasteiger partial charge in [-0.25, -0.2) is 0 Å². The van der Waals surface area contributed by atoms with Gasteiger partial charge in [-0.05, 0) is 58.2 Å². The van der Waals surface area contributed by atoms with Crippen molar-refractivity contribution in [2.24, 2.45) is 0 Å². The van der Waals surface area contributed by atoms with Gasteiger partial charge in [0.05, 0.1) is 5.69 Å². The smallest absolute Gasteiger partial charge is 0.139 e. The second-order valence-electron chi connectivity index (χ2n) is 7.87. The average Bonchev–Trinajstić information content (AvgIpc) is 2.55. The molecule has 1 aromatic carbocycles. The van der Waals surface area contributed by atoms with Crippen LogP contribution in [0.15, 0.2) is 18.2 Å². The Labute approximate surface area is 177 Å². The van der Waals surface area contributed by atoms with Crippen molar-refractivity contribution >= 4 is 48.6 Å². The second kappa shape index (κ2) is 10.7. The molecule has 2 fully saturated rings. The van der Waals surface area contributed by atoms with E-state index in [9.17, 15) is 5.11 Å². The van der Waals surface area contributed by atoms with E-state index < -0.39 is 0 Å². The summed E-state index contributed by atoms with van der Waals surface area (Å²) in [6, 6.07) is 6.12. The maximum absolute atomic E-state index is 10.3. The predicted molar refractivity (Wildman–Crippen MR) is 119 cm³/mol. The Morgan fingerprint density at radius 3 is 1.88 bits per heavy atom. The van der Waals surface area contributed by atoms with Crippen LogP contribution in [0.5, 0.6) is 5.75 Å². The molecule has 0 spiro atoms. The first-order chi connectivity index (χ1) is 10.9. The average molecular weight is 427 g/mol. The number of nitrogens with zero attached hydrogens (tertiary/aromatic N) is 3. The molecule has 2 aliphatic rings. The molecule has 2 aliphatic heterocycles. The Hall–Kier alpha value is -0.550. The van der Waals surface area contributed by atoms with Crippen LogP contribution in [-0.4, -0.2) is 54.8 Å². The molecule has 0 unspecified atom stereocenters. The standard InChI is InChI=1S/C19H31N3O.3ClH/c1-19(2,3)22-13-11-21(12-14-22)17-15-16(7-8-18(17)23)20-9-5-4-6-10-20;;;/h7-8,15,23H,4-6,9-14H2,1-3H3;3*1H. The Kier molecular flexibility index (Phi) is 10.5. The predicted octanol–water partition coefficient (Wildman–Crippen LogP) is 4.57. The fourth-order valence-corrected chi connectivity index (χ4v) is 3.73. The molecule has 0 radical (unpaired) electrons. The lowest BCUT2D eigenvalue weighted by Gasteiger charge is -2.43. The fourth-order valence-electron chi connectivity index (χ4n) is 3.73. The maximum Gasteiger partial charge on any atom is 0.139 e. The van der Waals surface area contributed by atoms with Crippen molar-refractivity contribution in [3.05, 3.63) is 18.2 Å². The number of hydrogen-bond donors (Lipinski definition) is 1. The van der Waals surface area contributed by atoms with Gasteiger partial charge < -0.3 is 14.9 Å². The molecule has 0 bridgehead atoms. The zero-order valence-corrected chi connectivity index (χ0v) is 18.6. The summed E-state index contributed by atoms with van der Waals surface area (Å²) in [6.07, 6.45) is 3.90. The lowest BCUT2D eigenvalue weighted by atomic mass is 10.0. The van der Waals surface area contributed by atoms with E-state index in [-0.39, 0.29) is 42.8 Å². The summed E-state index contributed by atoms with van der Waals surface area (Å²) in [7, 11) is 0. The van der Waals surface area contributed by atoms with Crippen molar-refractivity contribution in [3.8, 4) is 5.75 Å². The SMILES string of the molecule is CC(C)(C)N1CCN(c2cc(N3CCCCC3)ccc2O)CC1.Cl.Cl.Cl. The number of halogens is 3. The van der Waals surface area contributed by atoms with E-state index in [0.717, 1.165) is 45.0 Å². The van der Waals surface area contributed by atoms with Crippen molar-refractivity contribution in [3.63, 3.8) is 0 Å². The molecule has 4 nitrogen and oxygen atoms in total. The highest BCUT2D eigenvalue weighted by molar-refractivity contribution is 5.86. The van der Waals surface area contributed by atoms with Gasteiger partial charge in [0.15, 0.2) is 0 Å². The van der Waals surface area contributed by atoms with Gasteiger partial charge in [0.25, 0.3) is 0 Å². The molecule has 0 aliphatic carbocycles. The van der Waals surface area contributed by atoms with Gasteiger partial charge in [0, 0.05) is 50.5 Å². The van der Waals surface area contributed by atoms with Crippen LogP contribution in [0.4, 0.5) is 11.4 Å². The Balaban J connectivity index is 0.00000208. The van der Waals surface area contributed by atoms with Crippen molar-refractivity contribution < 1.29 is 5.11 Å². The van der Waals surface area contributed by atoms with Crippen molar-refractivity contribution in [1.29, 1.82) is 0 Å². The quantitative estimate of drug-likeness (QED) is 0.750. The first-order valence-corrected chi connectivity index (χ1v) is 9.03. The number of phenols is 1. The summed E-state index contributed by atoms with van der Waals surface area (Å²) in [5.41, 5.74) is 2.49. The van der Waals surface area contributed by atoms with E-state index in [1.165, 1.54) is 24.9 Å². The number of benzene rings is 1. The summed E-state index contributed by atoms with van der Waals surface area (Å²) in [6.45, 7) is 13.2. The molecule has 0 aromatic heterocycles. The molecular formula is C19H34Cl3N3O. The molecule has 1 N–H and O–H groups in total. The van der Waals surface area contributed by atoms with Crippen LogP contribution in [0.3, 0.4) is 0 Å². The zero-order valence-electron chi connectivity index (χ0n) is 16.1. The van der Waals surface area contributed by atoms with E-state index in [1.807, 2.05) is 6.07 Å². The highest BCUT2D eigenvalue weighted by Gasteiger charge is 2.27. The third kappa shape index (κ3) is 5.98. The minimum Gasteiger partial charge on any atom is -0.506 e. The van der Waals surface area contributed by atoms with Crippen LogP contribution in [0.1, 0.15) is 40.0 Å². The minimum absolute atomic E-state index is 0. The highest BCUT2D eigenvalue weighted by Crippen LogP contribution is 2.34. The Morgan fingerprint density at radius 1 is 0.769 bits per heavy atom. The number of phenolic OH excluding ortho intramolecular Hbond substituents is 1. The third-order valence-corrected chi connectivity index (χ3v) is 5.25. The van der Waals surface area contributed by atoms with Gasteiger partial charge in [-0.2, -0.15) is 0 Å². The van der Waals surface area contributed by atoms with Crippen molar-refractivity contribution in [2.45, 2.75) is 45.6 Å². The number of anilines is 2. The molecule has 1 aromatic rings. The Morgan fingerprint density at radius 2 is 1.35 bits per heavy atom. The molecule has 152 valence electrons. The summed E-state index contributed by atoms with van der Waals surface area (Å²) in [4.78, 5) is 7.32. The molecule has 0 atom stereocenters. The van der Waals surface area contributed by atoms with Crippen LogP contribution in [0.25, 0.3) is 0 Å². The van der Waals surface area contributed by atoms with E-state index in [2.05, 4.69) is 47.6 Å². The summed E-state index contributed by atoms with van der Waals surface area (Å²) in [5.74, 6) is 0.412. The summed E-state index contributed by atoms with van der Waals surface area (Å²) >= 11 is 0. The van der Waals surface area contributed by atoms with E-state index in [1.54, 1.807) is 0 Å². The fraction of sp³-hybridized carbons (Fsp3) is 0.684. The largest absolute Gasteiger partial charge is 0.506 e. The lowest BCUT2D eigenvalue weighted by Crippen LogP contribution is -2.53. The molecule has 7 heteroatoms. The second-order valence-corrected chi connectivity index (χ2v) is 7.87. The van der Waals surface area contributed by atoms with Crippen LogP contribution in [-0.2, 0) is 0 Å². The molecular weight excluding hydrogens is 393 g/mol. The van der Waals surface area contributed by atoms with E-state index in [0.29, 0.717) is 5.75 Å². The number of piperidine rings is 1. The monoisotopic (exact) mass is 425 g/mol. The molecule has 0 amide bonds. The number of rotatable bonds is 2.